The Labute approximate surface area is 129 Å². The zero-order valence-electron chi connectivity index (χ0n) is 13.9. The molecule has 2 heteroatoms. The smallest absolute Gasteiger partial charge is 0.0507 e. The van der Waals surface area contributed by atoms with Gasteiger partial charge in [0.1, 0.15) is 0 Å². The number of benzene rings is 1. The molecule has 0 aromatic heterocycles. The van der Waals surface area contributed by atoms with Crippen LogP contribution in [0.2, 0.25) is 0 Å². The Balaban J connectivity index is 2.01. The minimum absolute atomic E-state index is 0.351. The summed E-state index contributed by atoms with van der Waals surface area (Å²) >= 11 is 0. The number of aryl methyl sites for hydroxylation is 2. The van der Waals surface area contributed by atoms with E-state index in [0.29, 0.717) is 11.6 Å². The fourth-order valence-corrected chi connectivity index (χ4v) is 4.72. The number of likely N-dealkylation sites (N-methyl/N-ethyl adjacent to an activating group) is 1. The van der Waals surface area contributed by atoms with Crippen LogP contribution >= 0.6 is 0 Å². The molecule has 1 aliphatic carbocycles. The lowest BCUT2D eigenvalue weighted by molar-refractivity contribution is 0.0794. The van der Waals surface area contributed by atoms with E-state index in [4.69, 9.17) is 0 Å². The first-order valence-corrected chi connectivity index (χ1v) is 8.67. The highest BCUT2D eigenvalue weighted by Crippen LogP contribution is 2.46. The van der Waals surface area contributed by atoms with Crippen LogP contribution < -0.4 is 5.32 Å². The van der Waals surface area contributed by atoms with Gasteiger partial charge in [-0.15, -0.1) is 0 Å². The van der Waals surface area contributed by atoms with Gasteiger partial charge in [-0.25, -0.2) is 0 Å². The van der Waals surface area contributed by atoms with E-state index >= 15 is 0 Å². The minimum atomic E-state index is 0.351. The van der Waals surface area contributed by atoms with E-state index in [1.807, 2.05) is 0 Å². The fourth-order valence-electron chi connectivity index (χ4n) is 4.72. The van der Waals surface area contributed by atoms with Gasteiger partial charge in [0.2, 0.25) is 0 Å². The zero-order valence-corrected chi connectivity index (χ0v) is 13.9. The predicted molar refractivity (Wildman–Crippen MR) is 89.7 cm³/mol. The van der Waals surface area contributed by atoms with E-state index < -0.39 is 0 Å². The maximum atomic E-state index is 3.70. The molecule has 21 heavy (non-hydrogen) atoms. The molecule has 116 valence electrons. The van der Waals surface area contributed by atoms with Gasteiger partial charge in [-0.2, -0.15) is 0 Å². The third-order valence-corrected chi connectivity index (χ3v) is 5.78. The highest BCUT2D eigenvalue weighted by molar-refractivity contribution is 5.35. The lowest BCUT2D eigenvalue weighted by atomic mass is 9.80. The Morgan fingerprint density at radius 3 is 2.33 bits per heavy atom. The summed E-state index contributed by atoms with van der Waals surface area (Å²) in [6.45, 7) is 7.07. The first-order chi connectivity index (χ1) is 10.2. The normalized spacial score (nSPS) is 23.6. The van der Waals surface area contributed by atoms with Crippen LogP contribution in [0.25, 0.3) is 0 Å². The molecule has 3 rings (SSSR count). The van der Waals surface area contributed by atoms with E-state index in [2.05, 4.69) is 49.3 Å². The van der Waals surface area contributed by atoms with E-state index in [1.54, 1.807) is 0 Å². The van der Waals surface area contributed by atoms with Crippen molar-refractivity contribution in [1.82, 2.24) is 10.2 Å². The predicted octanol–water partition coefficient (Wildman–Crippen LogP) is 3.97. The maximum Gasteiger partial charge on any atom is 0.0507 e. The van der Waals surface area contributed by atoms with Crippen molar-refractivity contribution in [3.63, 3.8) is 0 Å². The number of nitrogens with zero attached hydrogens (tertiary/aromatic N) is 1. The second-order valence-corrected chi connectivity index (χ2v) is 7.09. The van der Waals surface area contributed by atoms with Crippen LogP contribution in [0.3, 0.4) is 0 Å². The number of nitrogens with one attached hydrogen (secondary N) is 1. The Morgan fingerprint density at radius 1 is 1.05 bits per heavy atom. The molecule has 1 N–H and O–H groups in total. The molecule has 0 bridgehead atoms. The Morgan fingerprint density at radius 2 is 1.71 bits per heavy atom. The molecule has 1 aromatic carbocycles. The van der Waals surface area contributed by atoms with Crippen molar-refractivity contribution in [3.8, 4) is 0 Å². The van der Waals surface area contributed by atoms with Gasteiger partial charge >= 0.3 is 0 Å². The number of hydrogen-bond donors (Lipinski definition) is 1. The lowest BCUT2D eigenvalue weighted by Gasteiger charge is -2.46. The van der Waals surface area contributed by atoms with Crippen LogP contribution in [-0.2, 0) is 0 Å². The van der Waals surface area contributed by atoms with E-state index in [1.165, 1.54) is 68.3 Å². The van der Waals surface area contributed by atoms with Gasteiger partial charge in [0, 0.05) is 5.54 Å². The van der Waals surface area contributed by atoms with Crippen molar-refractivity contribution in [2.24, 2.45) is 0 Å². The van der Waals surface area contributed by atoms with Crippen molar-refractivity contribution in [2.45, 2.75) is 64.0 Å². The van der Waals surface area contributed by atoms with Gasteiger partial charge in [0.05, 0.1) is 6.04 Å². The second-order valence-electron chi connectivity index (χ2n) is 7.09. The van der Waals surface area contributed by atoms with E-state index in [0.717, 1.165) is 0 Å². The van der Waals surface area contributed by atoms with Gasteiger partial charge in [-0.05, 0) is 70.8 Å². The molecule has 0 radical (unpaired) electrons. The molecule has 1 saturated heterocycles. The largest absolute Gasteiger partial charge is 0.311 e. The molecule has 0 spiro atoms. The van der Waals surface area contributed by atoms with Crippen LogP contribution in [0.4, 0.5) is 0 Å². The van der Waals surface area contributed by atoms with Gasteiger partial charge in [-0.3, -0.25) is 4.90 Å². The molecule has 0 amide bonds. The molecule has 1 unspecified atom stereocenters. The summed E-state index contributed by atoms with van der Waals surface area (Å²) in [7, 11) is 2.16. The minimum Gasteiger partial charge on any atom is -0.311 e. The summed E-state index contributed by atoms with van der Waals surface area (Å²) in [4.78, 5) is 2.81. The first kappa shape index (κ1) is 15.1. The maximum absolute atomic E-state index is 3.70. The topological polar surface area (TPSA) is 15.3 Å². The Hall–Kier alpha value is -0.860. The van der Waals surface area contributed by atoms with Crippen molar-refractivity contribution in [1.29, 1.82) is 0 Å². The third-order valence-electron chi connectivity index (χ3n) is 5.78. The van der Waals surface area contributed by atoms with Crippen molar-refractivity contribution < 1.29 is 0 Å². The standard InChI is InChI=1S/C19H30N2/c1-15-8-9-16(2)17(14-15)18(20-3)19(10-4-5-11-19)21-12-6-7-13-21/h8-9,14,18,20H,4-7,10-13H2,1-3H3. The van der Waals surface area contributed by atoms with Crippen molar-refractivity contribution in [2.75, 3.05) is 20.1 Å². The van der Waals surface area contributed by atoms with Crippen LogP contribution in [0.5, 0.6) is 0 Å². The quantitative estimate of drug-likeness (QED) is 0.901. The number of likely N-dealkylation sites (tertiary alicyclic amines) is 1. The lowest BCUT2D eigenvalue weighted by Crippen LogP contribution is -2.53. The molecule has 1 saturated carbocycles. The van der Waals surface area contributed by atoms with Crippen LogP contribution in [0, 0.1) is 13.8 Å². The zero-order chi connectivity index (χ0) is 14.9. The van der Waals surface area contributed by atoms with E-state index in [-0.39, 0.29) is 0 Å². The summed E-state index contributed by atoms with van der Waals surface area (Å²) in [6.07, 6.45) is 8.24. The molecule has 1 aliphatic heterocycles. The molecular formula is C19H30N2. The van der Waals surface area contributed by atoms with E-state index in [9.17, 15) is 0 Å². The third kappa shape index (κ3) is 2.64. The fraction of sp³-hybridized carbons (Fsp3) is 0.684. The van der Waals surface area contributed by atoms with Gasteiger partial charge in [0.25, 0.3) is 0 Å². The summed E-state index contributed by atoms with van der Waals surface area (Å²) in [6, 6.07) is 7.41. The van der Waals surface area contributed by atoms with Gasteiger partial charge < -0.3 is 5.32 Å². The van der Waals surface area contributed by atoms with Gasteiger partial charge in [-0.1, -0.05) is 36.6 Å². The molecule has 2 nitrogen and oxygen atoms in total. The van der Waals surface area contributed by atoms with Gasteiger partial charge in [0.15, 0.2) is 0 Å². The molecule has 1 heterocycles. The molecule has 1 atom stereocenters. The highest BCUT2D eigenvalue weighted by atomic mass is 15.2. The van der Waals surface area contributed by atoms with Crippen molar-refractivity contribution >= 4 is 0 Å². The highest BCUT2D eigenvalue weighted by Gasteiger charge is 2.46. The average molecular weight is 286 g/mol. The molecule has 2 fully saturated rings. The van der Waals surface area contributed by atoms with Crippen LogP contribution in [-0.4, -0.2) is 30.6 Å². The number of rotatable bonds is 4. The SMILES string of the molecule is CNC(c1cc(C)ccc1C)C1(N2CCCC2)CCCC1. The van der Waals surface area contributed by atoms with Crippen LogP contribution in [0.15, 0.2) is 18.2 Å². The first-order valence-electron chi connectivity index (χ1n) is 8.67. The molecule has 2 aliphatic rings. The van der Waals surface area contributed by atoms with Crippen molar-refractivity contribution in [3.05, 3.63) is 34.9 Å². The second kappa shape index (κ2) is 6.10. The summed E-state index contributed by atoms with van der Waals surface area (Å²) < 4.78 is 0. The molecular weight excluding hydrogens is 256 g/mol. The summed E-state index contributed by atoms with van der Waals surface area (Å²) in [5, 5.41) is 3.70. The monoisotopic (exact) mass is 286 g/mol. The summed E-state index contributed by atoms with van der Waals surface area (Å²) in [5.74, 6) is 0. The summed E-state index contributed by atoms with van der Waals surface area (Å²) in [5.41, 5.74) is 4.69. The Bertz CT molecular complexity index is 482. The number of hydrogen-bond acceptors (Lipinski definition) is 2. The molecule has 1 aromatic rings. The van der Waals surface area contributed by atoms with Crippen LogP contribution in [0.1, 0.15) is 61.3 Å². The average Bonchev–Trinajstić information content (AvgIpc) is 3.14. The Kier molecular flexibility index (Phi) is 4.37.